The number of benzene rings is 1. The maximum absolute atomic E-state index is 12.6. The van der Waals surface area contributed by atoms with Crippen LogP contribution in [-0.4, -0.2) is 43.3 Å². The summed E-state index contributed by atoms with van der Waals surface area (Å²) in [6, 6.07) is 9.07. The van der Waals surface area contributed by atoms with Crippen LogP contribution in [0.25, 0.3) is 0 Å². The molecule has 0 saturated carbocycles. The van der Waals surface area contributed by atoms with Gasteiger partial charge in [0.1, 0.15) is 5.76 Å². The highest BCUT2D eigenvalue weighted by Crippen LogP contribution is 2.22. The number of rotatable bonds is 6. The van der Waals surface area contributed by atoms with Gasteiger partial charge in [0.15, 0.2) is 9.84 Å². The van der Waals surface area contributed by atoms with Crippen molar-refractivity contribution < 1.29 is 17.6 Å². The molecule has 0 spiro atoms. The Morgan fingerprint density at radius 3 is 2.81 bits per heavy atom. The molecule has 1 aromatic heterocycles. The standard InChI is InChI=1S/C18H21BrN2O4S/c1-13-9-14(19)4-5-17(13)20-18(22)11-21(10-16-3-2-7-25-16)15-6-8-26(23,24)12-15/h2-5,7,9,15H,6,8,10-12H2,1H3,(H,20,22)/t15-/m0/s1. The summed E-state index contributed by atoms with van der Waals surface area (Å²) < 4.78 is 30.0. The molecule has 1 saturated heterocycles. The Hall–Kier alpha value is -1.64. The number of sulfone groups is 1. The second kappa shape index (κ2) is 7.94. The minimum absolute atomic E-state index is 0.0816. The van der Waals surface area contributed by atoms with Crippen LogP contribution >= 0.6 is 15.9 Å². The van der Waals surface area contributed by atoms with E-state index in [1.165, 1.54) is 0 Å². The van der Waals surface area contributed by atoms with E-state index >= 15 is 0 Å². The van der Waals surface area contributed by atoms with Gasteiger partial charge in [0, 0.05) is 16.2 Å². The fraction of sp³-hybridized carbons (Fsp3) is 0.389. The van der Waals surface area contributed by atoms with E-state index in [0.717, 1.165) is 15.7 Å². The van der Waals surface area contributed by atoms with E-state index in [1.807, 2.05) is 36.1 Å². The second-order valence-corrected chi connectivity index (χ2v) is 9.69. The van der Waals surface area contributed by atoms with Crippen LogP contribution in [0.2, 0.25) is 0 Å². The Bertz CT molecular complexity index is 881. The van der Waals surface area contributed by atoms with Gasteiger partial charge in [0.25, 0.3) is 0 Å². The highest BCUT2D eigenvalue weighted by atomic mass is 79.9. The van der Waals surface area contributed by atoms with E-state index in [2.05, 4.69) is 21.2 Å². The van der Waals surface area contributed by atoms with Crippen molar-refractivity contribution in [2.75, 3.05) is 23.4 Å². The summed E-state index contributed by atoms with van der Waals surface area (Å²) in [5.74, 6) is 0.783. The molecule has 0 bridgehead atoms. The van der Waals surface area contributed by atoms with Crippen LogP contribution in [0.3, 0.4) is 0 Å². The fourth-order valence-electron chi connectivity index (χ4n) is 3.12. The number of carbonyl (C=O) groups excluding carboxylic acids is 1. The van der Waals surface area contributed by atoms with Gasteiger partial charge in [0.05, 0.1) is 30.9 Å². The van der Waals surface area contributed by atoms with Crippen LogP contribution in [0, 0.1) is 6.92 Å². The third kappa shape index (κ3) is 4.96. The first-order valence-electron chi connectivity index (χ1n) is 8.35. The second-order valence-electron chi connectivity index (χ2n) is 6.55. The number of furan rings is 1. The van der Waals surface area contributed by atoms with E-state index in [0.29, 0.717) is 18.7 Å². The van der Waals surface area contributed by atoms with Gasteiger partial charge in [-0.3, -0.25) is 9.69 Å². The Labute approximate surface area is 161 Å². The molecule has 1 N–H and O–H groups in total. The molecule has 6 nitrogen and oxygen atoms in total. The lowest BCUT2D eigenvalue weighted by molar-refractivity contribution is -0.118. The summed E-state index contributed by atoms with van der Waals surface area (Å²) in [7, 11) is -3.03. The van der Waals surface area contributed by atoms with Gasteiger partial charge in [-0.05, 0) is 49.2 Å². The molecule has 140 valence electrons. The van der Waals surface area contributed by atoms with Crippen molar-refractivity contribution in [2.45, 2.75) is 25.9 Å². The molecule has 26 heavy (non-hydrogen) atoms. The summed E-state index contributed by atoms with van der Waals surface area (Å²) >= 11 is 3.40. The van der Waals surface area contributed by atoms with Crippen LogP contribution < -0.4 is 5.32 Å². The normalized spacial score (nSPS) is 19.0. The maximum atomic E-state index is 12.6. The van der Waals surface area contributed by atoms with Crippen molar-refractivity contribution in [3.63, 3.8) is 0 Å². The van der Waals surface area contributed by atoms with Gasteiger partial charge in [-0.1, -0.05) is 15.9 Å². The molecule has 8 heteroatoms. The SMILES string of the molecule is Cc1cc(Br)ccc1NC(=O)CN(Cc1ccco1)[C@H]1CCS(=O)(=O)C1. The molecule has 2 aromatic rings. The van der Waals surface area contributed by atoms with Crippen LogP contribution in [0.1, 0.15) is 17.7 Å². The molecule has 1 aromatic carbocycles. The van der Waals surface area contributed by atoms with Crippen LogP contribution in [0.5, 0.6) is 0 Å². The number of nitrogens with one attached hydrogen (secondary N) is 1. The number of anilines is 1. The van der Waals surface area contributed by atoms with Crippen molar-refractivity contribution in [3.8, 4) is 0 Å². The summed E-state index contributed by atoms with van der Waals surface area (Å²) in [5.41, 5.74) is 1.70. The lowest BCUT2D eigenvalue weighted by atomic mass is 10.2. The minimum Gasteiger partial charge on any atom is -0.468 e. The Morgan fingerprint density at radius 2 is 2.19 bits per heavy atom. The number of amides is 1. The molecule has 1 atom stereocenters. The van der Waals surface area contributed by atoms with Crippen molar-refractivity contribution in [3.05, 3.63) is 52.4 Å². The molecule has 1 fully saturated rings. The van der Waals surface area contributed by atoms with E-state index in [-0.39, 0.29) is 30.0 Å². The third-order valence-electron chi connectivity index (χ3n) is 4.47. The predicted molar refractivity (Wildman–Crippen MR) is 104 cm³/mol. The van der Waals surface area contributed by atoms with Gasteiger partial charge in [-0.25, -0.2) is 8.42 Å². The average molecular weight is 441 g/mol. The molecular weight excluding hydrogens is 420 g/mol. The van der Waals surface area contributed by atoms with Crippen LogP contribution in [-0.2, 0) is 21.2 Å². The van der Waals surface area contributed by atoms with Gasteiger partial charge in [-0.2, -0.15) is 0 Å². The number of carbonyl (C=O) groups is 1. The van der Waals surface area contributed by atoms with Crippen molar-refractivity contribution in [1.82, 2.24) is 4.90 Å². The Morgan fingerprint density at radius 1 is 1.38 bits per heavy atom. The predicted octanol–water partition coefficient (Wildman–Crippen LogP) is 2.98. The Balaban J connectivity index is 1.71. The monoisotopic (exact) mass is 440 g/mol. The van der Waals surface area contributed by atoms with Crippen molar-refractivity contribution in [1.29, 1.82) is 0 Å². The largest absolute Gasteiger partial charge is 0.468 e. The zero-order valence-corrected chi connectivity index (χ0v) is 16.8. The highest BCUT2D eigenvalue weighted by molar-refractivity contribution is 9.10. The van der Waals surface area contributed by atoms with Gasteiger partial charge in [-0.15, -0.1) is 0 Å². The summed E-state index contributed by atoms with van der Waals surface area (Å²) in [6.45, 7) is 2.43. The maximum Gasteiger partial charge on any atom is 0.238 e. The van der Waals surface area contributed by atoms with Crippen LogP contribution in [0.15, 0.2) is 45.5 Å². The van der Waals surface area contributed by atoms with E-state index in [4.69, 9.17) is 4.42 Å². The van der Waals surface area contributed by atoms with Gasteiger partial charge >= 0.3 is 0 Å². The molecule has 1 aliphatic heterocycles. The molecule has 0 aliphatic carbocycles. The number of halogens is 1. The van der Waals surface area contributed by atoms with Gasteiger partial charge < -0.3 is 9.73 Å². The molecule has 1 aliphatic rings. The highest BCUT2D eigenvalue weighted by Gasteiger charge is 2.33. The molecule has 0 unspecified atom stereocenters. The van der Waals surface area contributed by atoms with Crippen molar-refractivity contribution in [2.24, 2.45) is 0 Å². The third-order valence-corrected chi connectivity index (χ3v) is 6.72. The zero-order chi connectivity index (χ0) is 18.7. The van der Waals surface area contributed by atoms with E-state index in [9.17, 15) is 13.2 Å². The lowest BCUT2D eigenvalue weighted by Gasteiger charge is -2.26. The molecule has 0 radical (unpaired) electrons. The molecule has 2 heterocycles. The smallest absolute Gasteiger partial charge is 0.238 e. The number of hydrogen-bond acceptors (Lipinski definition) is 5. The summed E-state index contributed by atoms with van der Waals surface area (Å²) in [5, 5.41) is 2.91. The first kappa shape index (κ1) is 19.1. The number of hydrogen-bond donors (Lipinski definition) is 1. The summed E-state index contributed by atoms with van der Waals surface area (Å²) in [6.07, 6.45) is 2.11. The van der Waals surface area contributed by atoms with Crippen molar-refractivity contribution >= 4 is 37.4 Å². The molecule has 3 rings (SSSR count). The first-order chi connectivity index (χ1) is 12.3. The quantitative estimate of drug-likeness (QED) is 0.746. The zero-order valence-electron chi connectivity index (χ0n) is 14.4. The Kier molecular flexibility index (Phi) is 5.84. The van der Waals surface area contributed by atoms with Gasteiger partial charge in [0.2, 0.25) is 5.91 Å². The lowest BCUT2D eigenvalue weighted by Crippen LogP contribution is -2.41. The number of nitrogens with zero attached hydrogens (tertiary/aromatic N) is 1. The minimum atomic E-state index is -3.03. The summed E-state index contributed by atoms with van der Waals surface area (Å²) in [4.78, 5) is 14.4. The van der Waals surface area contributed by atoms with E-state index in [1.54, 1.807) is 12.3 Å². The fourth-order valence-corrected chi connectivity index (χ4v) is 5.36. The first-order valence-corrected chi connectivity index (χ1v) is 11.0. The van der Waals surface area contributed by atoms with E-state index < -0.39 is 9.84 Å². The average Bonchev–Trinajstić information content (AvgIpc) is 3.19. The molecule has 1 amide bonds. The molecular formula is C18H21BrN2O4S. The van der Waals surface area contributed by atoms with Crippen LogP contribution in [0.4, 0.5) is 5.69 Å². The topological polar surface area (TPSA) is 79.6 Å². The number of aryl methyl sites for hydroxylation is 1.